The van der Waals surface area contributed by atoms with Crippen molar-refractivity contribution in [2.24, 2.45) is 5.92 Å². The van der Waals surface area contributed by atoms with Crippen LogP contribution in [0.2, 0.25) is 0 Å². The lowest BCUT2D eigenvalue weighted by Gasteiger charge is -2.27. The van der Waals surface area contributed by atoms with Crippen LogP contribution in [0.5, 0.6) is 0 Å². The average molecular weight is 238 g/mol. The third-order valence-electron chi connectivity index (χ3n) is 4.37. The highest BCUT2D eigenvalue weighted by Crippen LogP contribution is 2.24. The van der Waals surface area contributed by atoms with Crippen molar-refractivity contribution in [1.29, 1.82) is 0 Å². The van der Waals surface area contributed by atoms with E-state index in [0.717, 1.165) is 25.8 Å². The Kier molecular flexibility index (Phi) is 4.84. The zero-order chi connectivity index (χ0) is 12.1. The lowest BCUT2D eigenvalue weighted by molar-refractivity contribution is -0.125. The van der Waals surface area contributed by atoms with Crippen molar-refractivity contribution < 1.29 is 4.79 Å². The first-order chi connectivity index (χ1) is 8.31. The van der Waals surface area contributed by atoms with Gasteiger partial charge in [-0.25, -0.2) is 0 Å². The molecular weight excluding hydrogens is 212 g/mol. The van der Waals surface area contributed by atoms with E-state index in [4.69, 9.17) is 0 Å². The van der Waals surface area contributed by atoms with Crippen LogP contribution in [0.15, 0.2) is 0 Å². The maximum Gasteiger partial charge on any atom is 0.223 e. The molecule has 0 aromatic carbocycles. The smallest absolute Gasteiger partial charge is 0.223 e. The van der Waals surface area contributed by atoms with Crippen molar-refractivity contribution >= 4 is 5.91 Å². The van der Waals surface area contributed by atoms with Gasteiger partial charge < -0.3 is 5.32 Å². The Balaban J connectivity index is 1.72. The molecule has 1 atom stereocenters. The second-order valence-corrected chi connectivity index (χ2v) is 5.53. The van der Waals surface area contributed by atoms with Gasteiger partial charge in [0.1, 0.15) is 0 Å². The zero-order valence-corrected chi connectivity index (χ0v) is 11.1. The Morgan fingerprint density at radius 1 is 1.24 bits per heavy atom. The van der Waals surface area contributed by atoms with E-state index < -0.39 is 0 Å². The molecule has 0 spiro atoms. The second kappa shape index (κ2) is 6.39. The van der Waals surface area contributed by atoms with Gasteiger partial charge in [-0.05, 0) is 45.2 Å². The summed E-state index contributed by atoms with van der Waals surface area (Å²) in [5, 5.41) is 3.17. The summed E-state index contributed by atoms with van der Waals surface area (Å²) in [6, 6.07) is 0.558. The number of nitrogens with one attached hydrogen (secondary N) is 1. The maximum absolute atomic E-state index is 12.0. The molecule has 2 aliphatic rings. The molecular formula is C14H26N2O. The van der Waals surface area contributed by atoms with Gasteiger partial charge >= 0.3 is 0 Å². The quantitative estimate of drug-likeness (QED) is 0.796. The van der Waals surface area contributed by atoms with Gasteiger partial charge in [0.15, 0.2) is 0 Å². The van der Waals surface area contributed by atoms with Gasteiger partial charge in [-0.2, -0.15) is 0 Å². The molecule has 2 fully saturated rings. The number of hydrogen-bond donors (Lipinski definition) is 1. The van der Waals surface area contributed by atoms with Gasteiger partial charge in [-0.1, -0.05) is 19.8 Å². The molecule has 0 aromatic rings. The Morgan fingerprint density at radius 3 is 2.47 bits per heavy atom. The van der Waals surface area contributed by atoms with Crippen LogP contribution in [0.1, 0.15) is 51.9 Å². The molecule has 0 unspecified atom stereocenters. The van der Waals surface area contributed by atoms with E-state index in [1.54, 1.807) is 0 Å². The molecule has 1 aliphatic heterocycles. The van der Waals surface area contributed by atoms with Crippen molar-refractivity contribution in [2.45, 2.75) is 57.9 Å². The number of likely N-dealkylation sites (tertiary alicyclic amines) is 1. The van der Waals surface area contributed by atoms with Gasteiger partial charge in [-0.3, -0.25) is 9.69 Å². The Labute approximate surface area is 105 Å². The molecule has 0 bridgehead atoms. The second-order valence-electron chi connectivity index (χ2n) is 5.53. The molecule has 3 nitrogen and oxygen atoms in total. The predicted molar refractivity (Wildman–Crippen MR) is 69.9 cm³/mol. The molecule has 1 aliphatic carbocycles. The fourth-order valence-electron chi connectivity index (χ4n) is 3.19. The number of rotatable bonds is 5. The summed E-state index contributed by atoms with van der Waals surface area (Å²) in [6.45, 7) is 5.52. The van der Waals surface area contributed by atoms with Gasteiger partial charge in [0.2, 0.25) is 5.91 Å². The van der Waals surface area contributed by atoms with E-state index in [2.05, 4.69) is 17.1 Å². The minimum absolute atomic E-state index is 0.306. The molecule has 1 saturated carbocycles. The van der Waals surface area contributed by atoms with Crippen LogP contribution in [0.25, 0.3) is 0 Å². The van der Waals surface area contributed by atoms with Crippen LogP contribution < -0.4 is 5.32 Å². The van der Waals surface area contributed by atoms with E-state index in [-0.39, 0.29) is 0 Å². The molecule has 0 radical (unpaired) electrons. The van der Waals surface area contributed by atoms with Crippen LogP contribution in [0.3, 0.4) is 0 Å². The third-order valence-corrected chi connectivity index (χ3v) is 4.37. The molecule has 0 aromatic heterocycles. The topological polar surface area (TPSA) is 32.3 Å². The van der Waals surface area contributed by atoms with Gasteiger partial charge in [0, 0.05) is 18.5 Å². The summed E-state index contributed by atoms with van der Waals surface area (Å²) < 4.78 is 0. The number of carbonyl (C=O) groups is 1. The van der Waals surface area contributed by atoms with Crippen LogP contribution in [-0.2, 0) is 4.79 Å². The molecule has 2 rings (SSSR count). The number of carbonyl (C=O) groups excluding carboxylic acids is 1. The van der Waals surface area contributed by atoms with Crippen molar-refractivity contribution in [3.05, 3.63) is 0 Å². The SMILES string of the molecule is CC[C@H](CNC(=O)C1CCCC1)N1CCCC1. The van der Waals surface area contributed by atoms with E-state index in [1.807, 2.05) is 0 Å². The monoisotopic (exact) mass is 238 g/mol. The van der Waals surface area contributed by atoms with Crippen molar-refractivity contribution in [3.8, 4) is 0 Å². The molecule has 17 heavy (non-hydrogen) atoms. The first kappa shape index (κ1) is 12.9. The van der Waals surface area contributed by atoms with E-state index in [1.165, 1.54) is 38.8 Å². The standard InChI is InChI=1S/C14H26N2O/c1-2-13(16-9-5-6-10-16)11-15-14(17)12-7-3-4-8-12/h12-13H,2-11H2,1H3,(H,15,17)/t13-/m1/s1. The van der Waals surface area contributed by atoms with Crippen molar-refractivity contribution in [2.75, 3.05) is 19.6 Å². The van der Waals surface area contributed by atoms with Crippen LogP contribution in [0.4, 0.5) is 0 Å². The molecule has 1 N–H and O–H groups in total. The molecule has 1 heterocycles. The molecule has 3 heteroatoms. The van der Waals surface area contributed by atoms with E-state index in [0.29, 0.717) is 17.9 Å². The molecule has 1 amide bonds. The first-order valence-electron chi connectivity index (χ1n) is 7.33. The zero-order valence-electron chi connectivity index (χ0n) is 11.1. The number of nitrogens with zero attached hydrogens (tertiary/aromatic N) is 1. The maximum atomic E-state index is 12.0. The van der Waals surface area contributed by atoms with Crippen LogP contribution in [0, 0.1) is 5.92 Å². The highest BCUT2D eigenvalue weighted by Gasteiger charge is 2.25. The van der Waals surface area contributed by atoms with Crippen LogP contribution >= 0.6 is 0 Å². The van der Waals surface area contributed by atoms with Gasteiger partial charge in [0.25, 0.3) is 0 Å². The Hall–Kier alpha value is -0.570. The molecule has 98 valence electrons. The highest BCUT2D eigenvalue weighted by atomic mass is 16.1. The minimum Gasteiger partial charge on any atom is -0.354 e. The number of hydrogen-bond acceptors (Lipinski definition) is 2. The summed E-state index contributed by atoms with van der Waals surface area (Å²) in [6.07, 6.45) is 8.48. The Bertz CT molecular complexity index is 243. The lowest BCUT2D eigenvalue weighted by atomic mass is 10.1. The summed E-state index contributed by atoms with van der Waals surface area (Å²) in [4.78, 5) is 14.5. The summed E-state index contributed by atoms with van der Waals surface area (Å²) in [7, 11) is 0. The summed E-state index contributed by atoms with van der Waals surface area (Å²) in [5.74, 6) is 0.617. The largest absolute Gasteiger partial charge is 0.354 e. The van der Waals surface area contributed by atoms with Gasteiger partial charge in [-0.15, -0.1) is 0 Å². The van der Waals surface area contributed by atoms with Crippen molar-refractivity contribution in [3.63, 3.8) is 0 Å². The average Bonchev–Trinajstić information content (AvgIpc) is 3.02. The summed E-state index contributed by atoms with van der Waals surface area (Å²) in [5.41, 5.74) is 0. The predicted octanol–water partition coefficient (Wildman–Crippen LogP) is 2.17. The first-order valence-corrected chi connectivity index (χ1v) is 7.33. The highest BCUT2D eigenvalue weighted by molar-refractivity contribution is 5.78. The summed E-state index contributed by atoms with van der Waals surface area (Å²) >= 11 is 0. The normalized spacial score (nSPS) is 24.1. The fraction of sp³-hybridized carbons (Fsp3) is 0.929. The Morgan fingerprint density at radius 2 is 1.88 bits per heavy atom. The van der Waals surface area contributed by atoms with Gasteiger partial charge in [0.05, 0.1) is 0 Å². The van der Waals surface area contributed by atoms with E-state index in [9.17, 15) is 4.79 Å². The van der Waals surface area contributed by atoms with Crippen molar-refractivity contribution in [1.82, 2.24) is 10.2 Å². The minimum atomic E-state index is 0.306. The number of amides is 1. The lowest BCUT2D eigenvalue weighted by Crippen LogP contribution is -2.43. The van der Waals surface area contributed by atoms with E-state index >= 15 is 0 Å². The fourth-order valence-corrected chi connectivity index (χ4v) is 3.19. The molecule has 1 saturated heterocycles. The van der Waals surface area contributed by atoms with Crippen LogP contribution in [-0.4, -0.2) is 36.5 Å². The third kappa shape index (κ3) is 3.44.